The van der Waals surface area contributed by atoms with Crippen LogP contribution in [0.2, 0.25) is 0 Å². The lowest BCUT2D eigenvalue weighted by Crippen LogP contribution is -2.40. The van der Waals surface area contributed by atoms with Gasteiger partial charge in [0.1, 0.15) is 0 Å². The molecule has 0 unspecified atom stereocenters. The predicted molar refractivity (Wildman–Crippen MR) is 74.9 cm³/mol. The molecule has 1 aliphatic rings. The van der Waals surface area contributed by atoms with Gasteiger partial charge in [0.2, 0.25) is 11.7 Å². The number of aromatic hydroxyl groups is 1. The summed E-state index contributed by atoms with van der Waals surface area (Å²) < 4.78 is 18.7. The van der Waals surface area contributed by atoms with Gasteiger partial charge in [0.05, 0.1) is 5.54 Å². The molecule has 1 fully saturated rings. The minimum Gasteiger partial charge on any atom is -0.505 e. The van der Waals surface area contributed by atoms with Crippen molar-refractivity contribution in [3.63, 3.8) is 0 Å². The molecule has 1 aromatic heterocycles. The Morgan fingerprint density at radius 1 is 1.38 bits per heavy atom. The number of benzene rings is 1. The van der Waals surface area contributed by atoms with E-state index in [1.807, 2.05) is 0 Å². The monoisotopic (exact) mass is 291 g/mol. The normalized spacial score (nSPS) is 26.0. The number of halogens is 1. The lowest BCUT2D eigenvalue weighted by Gasteiger charge is -2.32. The fourth-order valence-electron chi connectivity index (χ4n) is 2.68. The maximum atomic E-state index is 13.4. The Bertz CT molecular complexity index is 648. The highest BCUT2D eigenvalue weighted by molar-refractivity contribution is 5.56. The zero-order valence-corrected chi connectivity index (χ0v) is 11.8. The molecule has 1 heterocycles. The number of phenols is 1. The molecular formula is C15H18FN3O2. The molecule has 1 aromatic carbocycles. The first-order valence-electron chi connectivity index (χ1n) is 7.10. The van der Waals surface area contributed by atoms with Crippen LogP contribution in [0.1, 0.15) is 38.5 Å². The molecule has 1 saturated carbocycles. The summed E-state index contributed by atoms with van der Waals surface area (Å²) in [6.45, 7) is 2.21. The number of nitrogens with two attached hydrogens (primary N) is 1. The van der Waals surface area contributed by atoms with Gasteiger partial charge in [-0.1, -0.05) is 12.1 Å². The number of rotatable bonds is 2. The lowest BCUT2D eigenvalue weighted by atomic mass is 9.78. The van der Waals surface area contributed by atoms with Crippen molar-refractivity contribution in [2.24, 2.45) is 11.7 Å². The molecule has 5 nitrogen and oxygen atoms in total. The highest BCUT2D eigenvalue weighted by atomic mass is 19.1. The average molecular weight is 291 g/mol. The number of nitrogens with zero attached hydrogens (tertiary/aromatic N) is 2. The molecule has 6 heteroatoms. The molecule has 0 radical (unpaired) electrons. The minimum atomic E-state index is -0.715. The third-order valence-corrected chi connectivity index (χ3v) is 4.22. The summed E-state index contributed by atoms with van der Waals surface area (Å²) in [7, 11) is 0. The van der Waals surface area contributed by atoms with Crippen molar-refractivity contribution in [1.29, 1.82) is 0 Å². The Balaban J connectivity index is 1.87. The first kappa shape index (κ1) is 14.0. The smallest absolute Gasteiger partial charge is 0.247 e. The van der Waals surface area contributed by atoms with Gasteiger partial charge in [-0.3, -0.25) is 0 Å². The Hall–Kier alpha value is -1.95. The van der Waals surface area contributed by atoms with Crippen LogP contribution in [0.3, 0.4) is 0 Å². The van der Waals surface area contributed by atoms with E-state index in [9.17, 15) is 9.50 Å². The van der Waals surface area contributed by atoms with Crippen LogP contribution in [-0.4, -0.2) is 15.2 Å². The summed E-state index contributed by atoms with van der Waals surface area (Å²) in [5, 5.41) is 13.1. The lowest BCUT2D eigenvalue weighted by molar-refractivity contribution is 0.190. The molecule has 2 aromatic rings. The topological polar surface area (TPSA) is 85.2 Å². The van der Waals surface area contributed by atoms with Gasteiger partial charge in [-0.2, -0.15) is 4.98 Å². The van der Waals surface area contributed by atoms with Gasteiger partial charge >= 0.3 is 0 Å². The van der Waals surface area contributed by atoms with Crippen molar-refractivity contribution in [3.05, 3.63) is 29.9 Å². The van der Waals surface area contributed by atoms with Crippen LogP contribution in [0, 0.1) is 11.7 Å². The number of aromatic nitrogens is 2. The largest absolute Gasteiger partial charge is 0.505 e. The van der Waals surface area contributed by atoms with Gasteiger partial charge in [0.15, 0.2) is 11.6 Å². The summed E-state index contributed by atoms with van der Waals surface area (Å²) >= 11 is 0. The fraction of sp³-hybridized carbons (Fsp3) is 0.467. The summed E-state index contributed by atoms with van der Waals surface area (Å²) in [6, 6.07) is 3.98. The third-order valence-electron chi connectivity index (χ3n) is 4.22. The first-order valence-corrected chi connectivity index (χ1v) is 7.10. The van der Waals surface area contributed by atoms with E-state index < -0.39 is 17.1 Å². The quantitative estimate of drug-likeness (QED) is 0.888. The van der Waals surface area contributed by atoms with Gasteiger partial charge < -0.3 is 15.4 Å². The van der Waals surface area contributed by atoms with Crippen molar-refractivity contribution in [3.8, 4) is 17.1 Å². The van der Waals surface area contributed by atoms with Crippen LogP contribution in [0.15, 0.2) is 22.7 Å². The van der Waals surface area contributed by atoms with E-state index in [1.54, 1.807) is 6.07 Å². The molecule has 3 rings (SSSR count). The standard InChI is InChI=1S/C15H18FN3O2/c1-9-4-6-15(17,7-5-9)14-18-13(19-21-14)10-2-3-12(20)11(16)8-10/h2-3,8-9,20H,4-7,17H2,1H3. The minimum absolute atomic E-state index is 0.285. The molecule has 3 N–H and O–H groups in total. The summed E-state index contributed by atoms with van der Waals surface area (Å²) in [5.41, 5.74) is 6.24. The van der Waals surface area contributed by atoms with Gasteiger partial charge in [0.25, 0.3) is 0 Å². The molecule has 0 spiro atoms. The van der Waals surface area contributed by atoms with E-state index in [0.29, 0.717) is 17.4 Å². The average Bonchev–Trinajstić information content (AvgIpc) is 2.96. The molecular weight excluding hydrogens is 273 g/mol. The molecule has 0 atom stereocenters. The van der Waals surface area contributed by atoms with Gasteiger partial charge in [-0.15, -0.1) is 0 Å². The molecule has 0 bridgehead atoms. The highest BCUT2D eigenvalue weighted by Gasteiger charge is 2.37. The van der Waals surface area contributed by atoms with Crippen LogP contribution in [-0.2, 0) is 5.54 Å². The summed E-state index contributed by atoms with van der Waals surface area (Å²) in [6.07, 6.45) is 3.67. The Kier molecular flexibility index (Phi) is 3.41. The van der Waals surface area contributed by atoms with Gasteiger partial charge in [0, 0.05) is 5.56 Å². The zero-order valence-electron chi connectivity index (χ0n) is 11.8. The maximum Gasteiger partial charge on any atom is 0.247 e. The molecule has 0 amide bonds. The number of hydrogen-bond acceptors (Lipinski definition) is 5. The molecule has 0 aliphatic heterocycles. The third kappa shape index (κ3) is 2.63. The van der Waals surface area contributed by atoms with Crippen LogP contribution in [0.5, 0.6) is 5.75 Å². The number of phenolic OH excluding ortho intramolecular Hbond substituents is 1. The van der Waals surface area contributed by atoms with Crippen LogP contribution in [0.25, 0.3) is 11.4 Å². The Morgan fingerprint density at radius 2 is 2.10 bits per heavy atom. The van der Waals surface area contributed by atoms with Gasteiger partial charge in [-0.25, -0.2) is 4.39 Å². The van der Waals surface area contributed by atoms with Crippen LogP contribution < -0.4 is 5.73 Å². The highest BCUT2D eigenvalue weighted by Crippen LogP contribution is 2.37. The van der Waals surface area contributed by atoms with Crippen molar-refractivity contribution >= 4 is 0 Å². The van der Waals surface area contributed by atoms with Crippen molar-refractivity contribution in [2.45, 2.75) is 38.1 Å². The van der Waals surface area contributed by atoms with E-state index in [0.717, 1.165) is 25.7 Å². The van der Waals surface area contributed by atoms with Crippen molar-refractivity contribution < 1.29 is 14.0 Å². The first-order chi connectivity index (χ1) is 9.98. The molecule has 21 heavy (non-hydrogen) atoms. The van der Waals surface area contributed by atoms with Crippen LogP contribution >= 0.6 is 0 Å². The van der Waals surface area contributed by atoms with E-state index in [-0.39, 0.29) is 5.82 Å². The van der Waals surface area contributed by atoms with Crippen LogP contribution in [0.4, 0.5) is 4.39 Å². The van der Waals surface area contributed by atoms with E-state index in [2.05, 4.69) is 17.1 Å². The maximum absolute atomic E-state index is 13.4. The predicted octanol–water partition coefficient (Wildman–Crippen LogP) is 2.95. The second-order valence-electron chi connectivity index (χ2n) is 5.93. The molecule has 0 saturated heterocycles. The molecule has 1 aliphatic carbocycles. The van der Waals surface area contributed by atoms with E-state index in [1.165, 1.54) is 12.1 Å². The van der Waals surface area contributed by atoms with Gasteiger partial charge in [-0.05, 0) is 49.8 Å². The van der Waals surface area contributed by atoms with Crippen molar-refractivity contribution in [1.82, 2.24) is 10.1 Å². The Labute approximate surface area is 122 Å². The SMILES string of the molecule is CC1CCC(N)(c2nc(-c3ccc(O)c(F)c3)no2)CC1. The van der Waals surface area contributed by atoms with E-state index in [4.69, 9.17) is 10.3 Å². The van der Waals surface area contributed by atoms with E-state index >= 15 is 0 Å². The second-order valence-corrected chi connectivity index (χ2v) is 5.93. The second kappa shape index (κ2) is 5.11. The Morgan fingerprint density at radius 3 is 2.76 bits per heavy atom. The molecule has 112 valence electrons. The van der Waals surface area contributed by atoms with Crippen molar-refractivity contribution in [2.75, 3.05) is 0 Å². The number of hydrogen-bond donors (Lipinski definition) is 2. The summed E-state index contributed by atoms with van der Waals surface area (Å²) in [4.78, 5) is 4.32. The fourth-order valence-corrected chi connectivity index (χ4v) is 2.68. The zero-order chi connectivity index (χ0) is 15.0. The summed E-state index contributed by atoms with van der Waals surface area (Å²) in [5.74, 6) is 0.229.